The summed E-state index contributed by atoms with van der Waals surface area (Å²) in [5.41, 5.74) is 0.900. The Labute approximate surface area is 254 Å². The van der Waals surface area contributed by atoms with Gasteiger partial charge in [-0.3, -0.25) is 14.4 Å². The van der Waals surface area contributed by atoms with E-state index in [1.165, 1.54) is 36.0 Å². The van der Waals surface area contributed by atoms with Gasteiger partial charge >= 0.3 is 0 Å². The van der Waals surface area contributed by atoms with Gasteiger partial charge < -0.3 is 16.0 Å². The van der Waals surface area contributed by atoms with Crippen molar-refractivity contribution in [2.24, 2.45) is 0 Å². The van der Waals surface area contributed by atoms with Crippen LogP contribution in [-0.2, 0) is 9.59 Å². The first kappa shape index (κ1) is 30.1. The van der Waals surface area contributed by atoms with Gasteiger partial charge in [0, 0.05) is 37.4 Å². The van der Waals surface area contributed by atoms with Crippen molar-refractivity contribution in [2.75, 3.05) is 16.4 Å². The van der Waals surface area contributed by atoms with Gasteiger partial charge in [0.15, 0.2) is 0 Å². The van der Waals surface area contributed by atoms with Crippen LogP contribution in [-0.4, -0.2) is 23.5 Å². The Morgan fingerprint density at radius 1 is 0.780 bits per heavy atom. The zero-order valence-electron chi connectivity index (χ0n) is 21.1. The number of benzene rings is 4. The minimum absolute atomic E-state index is 0.0519. The van der Waals surface area contributed by atoms with Crippen LogP contribution in [0.25, 0.3) is 6.08 Å². The molecule has 208 valence electrons. The Morgan fingerprint density at radius 2 is 1.49 bits per heavy atom. The third kappa shape index (κ3) is 8.83. The zero-order chi connectivity index (χ0) is 29.4. The summed E-state index contributed by atoms with van der Waals surface area (Å²) in [5.74, 6) is -2.13. The normalized spacial score (nSPS) is 11.1. The van der Waals surface area contributed by atoms with Crippen LogP contribution in [0.1, 0.15) is 15.9 Å². The van der Waals surface area contributed by atoms with Crippen molar-refractivity contribution in [3.63, 3.8) is 0 Å². The molecule has 0 aromatic heterocycles. The molecule has 0 spiro atoms. The minimum atomic E-state index is -0.702. The Bertz CT molecular complexity index is 1590. The van der Waals surface area contributed by atoms with Gasteiger partial charge in [0.2, 0.25) is 5.91 Å². The third-order valence-corrected chi connectivity index (χ3v) is 7.19. The maximum Gasteiger partial charge on any atom is 0.272 e. The summed E-state index contributed by atoms with van der Waals surface area (Å²) in [7, 11) is 0. The molecular weight excluding hydrogens is 608 g/mol. The molecule has 0 saturated carbocycles. The molecule has 4 aromatic carbocycles. The second kappa shape index (κ2) is 14.2. The monoisotopic (exact) mass is 627 g/mol. The lowest BCUT2D eigenvalue weighted by Gasteiger charge is -2.13. The average molecular weight is 629 g/mol. The molecule has 0 atom stereocenters. The number of hydrogen-bond donors (Lipinski definition) is 3. The second-order valence-corrected chi connectivity index (χ2v) is 10.8. The summed E-state index contributed by atoms with van der Waals surface area (Å²) in [6.45, 7) is 0. The summed E-state index contributed by atoms with van der Waals surface area (Å²) in [6.07, 6.45) is 1.18. The fourth-order valence-corrected chi connectivity index (χ4v) is 5.07. The lowest BCUT2D eigenvalue weighted by Crippen LogP contribution is -2.30. The summed E-state index contributed by atoms with van der Waals surface area (Å²) in [5, 5.41) is 8.86. The van der Waals surface area contributed by atoms with Crippen LogP contribution in [0, 0.1) is 5.82 Å². The van der Waals surface area contributed by atoms with Gasteiger partial charge in [-0.05, 0) is 66.7 Å². The number of carbonyl (C=O) groups is 3. The molecule has 0 bridgehead atoms. The van der Waals surface area contributed by atoms with Crippen LogP contribution in [0.15, 0.2) is 102 Å². The molecule has 11 heteroatoms. The van der Waals surface area contributed by atoms with E-state index in [4.69, 9.17) is 34.8 Å². The van der Waals surface area contributed by atoms with Crippen LogP contribution in [0.3, 0.4) is 0 Å². The molecule has 41 heavy (non-hydrogen) atoms. The first-order valence-electron chi connectivity index (χ1n) is 12.0. The minimum Gasteiger partial charge on any atom is -0.325 e. The van der Waals surface area contributed by atoms with E-state index < -0.39 is 17.6 Å². The van der Waals surface area contributed by atoms with E-state index in [1.807, 2.05) is 0 Å². The fourth-order valence-electron chi connectivity index (χ4n) is 3.57. The second-order valence-electron chi connectivity index (χ2n) is 8.49. The first-order chi connectivity index (χ1) is 19.7. The zero-order valence-corrected chi connectivity index (χ0v) is 24.2. The highest BCUT2D eigenvalue weighted by atomic mass is 35.5. The molecule has 4 rings (SSSR count). The summed E-state index contributed by atoms with van der Waals surface area (Å²) >= 11 is 19.4. The quantitative estimate of drug-likeness (QED) is 0.130. The lowest BCUT2D eigenvalue weighted by molar-refractivity contribution is -0.114. The molecule has 0 aliphatic carbocycles. The van der Waals surface area contributed by atoms with E-state index in [0.717, 1.165) is 0 Å². The molecule has 3 N–H and O–H groups in total. The van der Waals surface area contributed by atoms with Crippen molar-refractivity contribution in [1.29, 1.82) is 0 Å². The highest BCUT2D eigenvalue weighted by Gasteiger charge is 2.17. The van der Waals surface area contributed by atoms with Crippen molar-refractivity contribution in [3.8, 4) is 0 Å². The highest BCUT2D eigenvalue weighted by molar-refractivity contribution is 8.00. The van der Waals surface area contributed by atoms with Crippen LogP contribution < -0.4 is 16.0 Å². The Hall–Kier alpha value is -3.82. The van der Waals surface area contributed by atoms with E-state index in [2.05, 4.69) is 16.0 Å². The van der Waals surface area contributed by atoms with Gasteiger partial charge in [-0.1, -0.05) is 65.1 Å². The van der Waals surface area contributed by atoms with Crippen molar-refractivity contribution < 1.29 is 18.8 Å². The molecule has 6 nitrogen and oxygen atoms in total. The molecule has 0 aliphatic rings. The Kier molecular flexibility index (Phi) is 10.4. The van der Waals surface area contributed by atoms with Gasteiger partial charge in [0.25, 0.3) is 11.8 Å². The topological polar surface area (TPSA) is 87.3 Å². The van der Waals surface area contributed by atoms with Crippen molar-refractivity contribution in [2.45, 2.75) is 4.90 Å². The Balaban J connectivity index is 1.48. The first-order valence-corrected chi connectivity index (χ1v) is 14.1. The number of halogens is 4. The van der Waals surface area contributed by atoms with Gasteiger partial charge in [-0.25, -0.2) is 4.39 Å². The predicted octanol–water partition coefficient (Wildman–Crippen LogP) is 7.93. The molecule has 0 unspecified atom stereocenters. The van der Waals surface area contributed by atoms with Crippen molar-refractivity contribution in [3.05, 3.63) is 129 Å². The summed E-state index contributed by atoms with van der Waals surface area (Å²) < 4.78 is 14.5. The Morgan fingerprint density at radius 3 is 2.20 bits per heavy atom. The number of anilines is 2. The molecule has 0 aliphatic heterocycles. The maximum atomic E-state index is 14.5. The van der Waals surface area contributed by atoms with E-state index in [0.29, 0.717) is 31.9 Å². The number of hydrogen-bond acceptors (Lipinski definition) is 4. The van der Waals surface area contributed by atoms with Crippen LogP contribution in [0.5, 0.6) is 0 Å². The number of carbonyl (C=O) groups excluding carboxylic acids is 3. The summed E-state index contributed by atoms with van der Waals surface area (Å²) in [6, 6.07) is 23.9. The third-order valence-electron chi connectivity index (χ3n) is 5.43. The fraction of sp³-hybridized carbons (Fsp3) is 0.0333. The van der Waals surface area contributed by atoms with E-state index in [1.54, 1.807) is 72.8 Å². The average Bonchev–Trinajstić information content (AvgIpc) is 2.93. The molecule has 3 amide bonds. The van der Waals surface area contributed by atoms with Gasteiger partial charge in [-0.15, -0.1) is 11.8 Å². The van der Waals surface area contributed by atoms with Crippen LogP contribution >= 0.6 is 46.6 Å². The number of nitrogens with one attached hydrogen (secondary N) is 3. The molecule has 4 aromatic rings. The smallest absolute Gasteiger partial charge is 0.272 e. The number of rotatable bonds is 9. The maximum absolute atomic E-state index is 14.5. The largest absolute Gasteiger partial charge is 0.325 e. The molecule has 0 saturated heterocycles. The van der Waals surface area contributed by atoms with Gasteiger partial charge in [0.1, 0.15) is 11.5 Å². The SMILES string of the molecule is O=C(CSc1cccc(NC(=O)/C(=C\c2c(F)cccc2Cl)NC(=O)c2ccccc2)c1)Nc1cc(Cl)cc(Cl)c1. The van der Waals surface area contributed by atoms with E-state index in [-0.39, 0.29) is 27.9 Å². The predicted molar refractivity (Wildman–Crippen MR) is 164 cm³/mol. The molecule has 0 heterocycles. The van der Waals surface area contributed by atoms with Gasteiger partial charge in [-0.2, -0.15) is 0 Å². The lowest BCUT2D eigenvalue weighted by atomic mass is 10.1. The molecule has 0 fully saturated rings. The van der Waals surface area contributed by atoms with Gasteiger partial charge in [0.05, 0.1) is 10.8 Å². The number of thioether (sulfide) groups is 1. The van der Waals surface area contributed by atoms with Crippen molar-refractivity contribution in [1.82, 2.24) is 5.32 Å². The highest BCUT2D eigenvalue weighted by Crippen LogP contribution is 2.26. The van der Waals surface area contributed by atoms with Crippen LogP contribution in [0.2, 0.25) is 15.1 Å². The standard InChI is InChI=1S/C30H21Cl3FN3O3S/c31-19-12-20(32)14-22(13-19)35-28(38)17-41-23-9-4-8-21(15-23)36-30(40)27(16-24-25(33)10-5-11-26(24)34)37-29(39)18-6-2-1-3-7-18/h1-16H,17H2,(H,35,38)(H,36,40)(H,37,39)/b27-16+. The molecule has 0 radical (unpaired) electrons. The number of amides is 3. The molecular formula is C30H21Cl3FN3O3S. The van der Waals surface area contributed by atoms with E-state index in [9.17, 15) is 18.8 Å². The van der Waals surface area contributed by atoms with Crippen molar-refractivity contribution >= 4 is 81.7 Å². The summed E-state index contributed by atoms with van der Waals surface area (Å²) in [4.78, 5) is 39.2. The van der Waals surface area contributed by atoms with Crippen LogP contribution in [0.4, 0.5) is 15.8 Å². The van der Waals surface area contributed by atoms with E-state index >= 15 is 0 Å².